The molecule has 3 nitrogen and oxygen atoms in total. The average molecular weight is 208 g/mol. The Kier molecular flexibility index (Phi) is 3.28. The predicted molar refractivity (Wildman–Crippen MR) is 58.1 cm³/mol. The summed E-state index contributed by atoms with van der Waals surface area (Å²) in [6, 6.07) is 2.48. The molecule has 0 saturated heterocycles. The van der Waals surface area contributed by atoms with Crippen molar-refractivity contribution in [3.63, 3.8) is 0 Å². The summed E-state index contributed by atoms with van der Waals surface area (Å²) < 4.78 is 5.90. The van der Waals surface area contributed by atoms with Gasteiger partial charge in [-0.25, -0.2) is 0 Å². The molecule has 0 heterocycles. The van der Waals surface area contributed by atoms with Crippen LogP contribution in [0.4, 0.5) is 0 Å². The number of rotatable bonds is 4. The SMILES string of the molecule is N#CCC1(COC2CCCCC2N)CC1. The normalized spacial score (nSPS) is 33.3. The lowest BCUT2D eigenvalue weighted by molar-refractivity contribution is -0.00860. The molecule has 2 atom stereocenters. The fraction of sp³-hybridized carbons (Fsp3) is 0.917. The van der Waals surface area contributed by atoms with E-state index in [9.17, 15) is 0 Å². The molecule has 0 spiro atoms. The lowest BCUT2D eigenvalue weighted by Crippen LogP contribution is -2.40. The van der Waals surface area contributed by atoms with Gasteiger partial charge in [-0.15, -0.1) is 0 Å². The van der Waals surface area contributed by atoms with E-state index >= 15 is 0 Å². The van der Waals surface area contributed by atoms with Crippen molar-refractivity contribution in [2.75, 3.05) is 6.61 Å². The zero-order valence-electron chi connectivity index (χ0n) is 9.24. The molecular formula is C12H20N2O. The van der Waals surface area contributed by atoms with Crippen LogP contribution in [-0.4, -0.2) is 18.8 Å². The summed E-state index contributed by atoms with van der Waals surface area (Å²) in [6.07, 6.45) is 7.88. The fourth-order valence-electron chi connectivity index (χ4n) is 2.33. The molecule has 0 aromatic heterocycles. The van der Waals surface area contributed by atoms with Gasteiger partial charge in [-0.05, 0) is 25.7 Å². The maximum absolute atomic E-state index is 8.70. The Bertz CT molecular complexity index is 255. The molecule has 2 saturated carbocycles. The number of hydrogen-bond acceptors (Lipinski definition) is 3. The van der Waals surface area contributed by atoms with Crippen molar-refractivity contribution < 1.29 is 4.74 Å². The molecule has 2 N–H and O–H groups in total. The summed E-state index contributed by atoms with van der Waals surface area (Å²) in [4.78, 5) is 0. The summed E-state index contributed by atoms with van der Waals surface area (Å²) in [7, 11) is 0. The zero-order valence-corrected chi connectivity index (χ0v) is 9.24. The molecular weight excluding hydrogens is 188 g/mol. The molecule has 84 valence electrons. The Balaban J connectivity index is 1.75. The number of hydrogen-bond donors (Lipinski definition) is 1. The van der Waals surface area contributed by atoms with Crippen molar-refractivity contribution in [2.45, 2.75) is 57.1 Å². The Morgan fingerprint density at radius 1 is 1.33 bits per heavy atom. The number of ether oxygens (including phenoxy) is 1. The van der Waals surface area contributed by atoms with Gasteiger partial charge in [0.15, 0.2) is 0 Å². The van der Waals surface area contributed by atoms with E-state index < -0.39 is 0 Å². The standard InChI is InChI=1S/C12H20N2O/c13-8-7-12(5-6-12)9-15-11-4-2-1-3-10(11)14/h10-11H,1-7,9,14H2. The largest absolute Gasteiger partial charge is 0.376 e. The van der Waals surface area contributed by atoms with Crippen LogP contribution in [-0.2, 0) is 4.74 Å². The van der Waals surface area contributed by atoms with Gasteiger partial charge >= 0.3 is 0 Å². The molecule has 0 bridgehead atoms. The van der Waals surface area contributed by atoms with Gasteiger partial charge in [0, 0.05) is 17.9 Å². The third kappa shape index (κ3) is 2.70. The number of nitrogens with zero attached hydrogens (tertiary/aromatic N) is 1. The highest BCUT2D eigenvalue weighted by atomic mass is 16.5. The van der Waals surface area contributed by atoms with E-state index in [4.69, 9.17) is 15.7 Å². The van der Waals surface area contributed by atoms with Crippen LogP contribution in [0.25, 0.3) is 0 Å². The number of nitriles is 1. The summed E-state index contributed by atoms with van der Waals surface area (Å²) in [5.74, 6) is 0. The molecule has 3 heteroatoms. The van der Waals surface area contributed by atoms with Crippen molar-refractivity contribution in [1.82, 2.24) is 0 Å². The monoisotopic (exact) mass is 208 g/mol. The highest BCUT2D eigenvalue weighted by molar-refractivity contribution is 4.99. The van der Waals surface area contributed by atoms with Crippen LogP contribution < -0.4 is 5.73 Å². The molecule has 15 heavy (non-hydrogen) atoms. The third-order valence-corrected chi connectivity index (χ3v) is 3.77. The van der Waals surface area contributed by atoms with Gasteiger partial charge in [0.05, 0.1) is 18.8 Å². The minimum Gasteiger partial charge on any atom is -0.376 e. The van der Waals surface area contributed by atoms with E-state index in [0.717, 1.165) is 32.3 Å². The first kappa shape index (κ1) is 10.9. The third-order valence-electron chi connectivity index (χ3n) is 3.77. The van der Waals surface area contributed by atoms with Crippen molar-refractivity contribution in [2.24, 2.45) is 11.1 Å². The van der Waals surface area contributed by atoms with E-state index in [0.29, 0.717) is 6.42 Å². The van der Waals surface area contributed by atoms with E-state index in [-0.39, 0.29) is 17.6 Å². The maximum atomic E-state index is 8.70. The van der Waals surface area contributed by atoms with Gasteiger partial charge in [-0.3, -0.25) is 0 Å². The molecule has 0 aliphatic heterocycles. The second-order valence-corrected chi connectivity index (χ2v) is 5.13. The van der Waals surface area contributed by atoms with Crippen LogP contribution in [0, 0.1) is 16.7 Å². The topological polar surface area (TPSA) is 59.0 Å². The molecule has 0 aromatic rings. The van der Waals surface area contributed by atoms with Crippen LogP contribution in [0.15, 0.2) is 0 Å². The quantitative estimate of drug-likeness (QED) is 0.768. The minimum atomic E-state index is 0.200. The molecule has 2 aliphatic carbocycles. The van der Waals surface area contributed by atoms with Crippen LogP contribution >= 0.6 is 0 Å². The Morgan fingerprint density at radius 3 is 2.67 bits per heavy atom. The van der Waals surface area contributed by atoms with Crippen molar-refractivity contribution >= 4 is 0 Å². The highest BCUT2D eigenvalue weighted by Crippen LogP contribution is 2.49. The highest BCUT2D eigenvalue weighted by Gasteiger charge is 2.43. The Hall–Kier alpha value is -0.590. The van der Waals surface area contributed by atoms with Crippen LogP contribution in [0.2, 0.25) is 0 Å². The van der Waals surface area contributed by atoms with E-state index in [1.54, 1.807) is 0 Å². The average Bonchev–Trinajstić information content (AvgIpc) is 2.98. The zero-order chi connectivity index (χ0) is 10.7. The summed E-state index contributed by atoms with van der Waals surface area (Å²) in [6.45, 7) is 0.749. The smallest absolute Gasteiger partial charge is 0.0726 e. The van der Waals surface area contributed by atoms with Gasteiger partial charge in [0.2, 0.25) is 0 Å². The fourth-order valence-corrected chi connectivity index (χ4v) is 2.33. The van der Waals surface area contributed by atoms with Gasteiger partial charge in [-0.2, -0.15) is 5.26 Å². The van der Waals surface area contributed by atoms with E-state index in [1.807, 2.05) is 0 Å². The predicted octanol–water partition coefficient (Wildman–Crippen LogP) is 1.97. The van der Waals surface area contributed by atoms with E-state index in [2.05, 4.69) is 6.07 Å². The molecule has 2 rings (SSSR count). The molecule has 0 radical (unpaired) electrons. The first-order valence-corrected chi connectivity index (χ1v) is 6.00. The first-order valence-electron chi connectivity index (χ1n) is 6.00. The maximum Gasteiger partial charge on any atom is 0.0726 e. The molecule has 2 aliphatic rings. The van der Waals surface area contributed by atoms with Gasteiger partial charge in [-0.1, -0.05) is 12.8 Å². The van der Waals surface area contributed by atoms with Gasteiger partial charge < -0.3 is 10.5 Å². The van der Waals surface area contributed by atoms with Gasteiger partial charge in [0.1, 0.15) is 0 Å². The molecule has 2 unspecified atom stereocenters. The van der Waals surface area contributed by atoms with Crippen molar-refractivity contribution in [3.05, 3.63) is 0 Å². The molecule has 0 amide bonds. The Labute approximate surface area is 91.6 Å². The second kappa shape index (κ2) is 4.51. The summed E-state index contributed by atoms with van der Waals surface area (Å²) in [5, 5.41) is 8.70. The lowest BCUT2D eigenvalue weighted by Gasteiger charge is -2.29. The number of nitrogens with two attached hydrogens (primary N) is 1. The lowest BCUT2D eigenvalue weighted by atomic mass is 9.93. The summed E-state index contributed by atoms with van der Waals surface area (Å²) in [5.41, 5.74) is 6.21. The van der Waals surface area contributed by atoms with Crippen LogP contribution in [0.5, 0.6) is 0 Å². The van der Waals surface area contributed by atoms with Crippen LogP contribution in [0.1, 0.15) is 44.9 Å². The Morgan fingerprint density at radius 2 is 2.07 bits per heavy atom. The van der Waals surface area contributed by atoms with E-state index in [1.165, 1.54) is 12.8 Å². The molecule has 0 aromatic carbocycles. The van der Waals surface area contributed by atoms with Gasteiger partial charge in [0.25, 0.3) is 0 Å². The van der Waals surface area contributed by atoms with Crippen molar-refractivity contribution in [3.8, 4) is 6.07 Å². The van der Waals surface area contributed by atoms with Crippen LogP contribution in [0.3, 0.4) is 0 Å². The summed E-state index contributed by atoms with van der Waals surface area (Å²) >= 11 is 0. The van der Waals surface area contributed by atoms with Crippen molar-refractivity contribution in [1.29, 1.82) is 5.26 Å². The molecule has 2 fully saturated rings. The first-order chi connectivity index (χ1) is 7.26. The minimum absolute atomic E-state index is 0.200. The second-order valence-electron chi connectivity index (χ2n) is 5.13.